The van der Waals surface area contributed by atoms with E-state index in [1.165, 1.54) is 11.1 Å². The lowest BCUT2D eigenvalue weighted by Crippen LogP contribution is -1.73. The van der Waals surface area contributed by atoms with E-state index in [0.29, 0.717) is 0 Å². The Morgan fingerprint density at radius 2 is 1.27 bits per heavy atom. The smallest absolute Gasteiger partial charge is 0.0273 e. The lowest BCUT2D eigenvalue weighted by Gasteiger charge is -1.92. The fourth-order valence-electron chi connectivity index (χ4n) is 1.23. The third-order valence-corrected chi connectivity index (χ3v) is 1.97. The maximum Gasteiger partial charge on any atom is 0.0273 e. The Kier molecular flexibility index (Phi) is 4.58. The molecule has 1 aromatic carbocycles. The van der Waals surface area contributed by atoms with Gasteiger partial charge >= 0.3 is 0 Å². The molecule has 0 bridgehead atoms. The first-order valence-corrected chi connectivity index (χ1v) is 4.58. The number of hydrogen-bond donors (Lipinski definition) is 0. The van der Waals surface area contributed by atoms with Gasteiger partial charge in [-0.1, -0.05) is 42.5 Å². The van der Waals surface area contributed by atoms with E-state index >= 15 is 0 Å². The molecule has 1 aromatic heterocycles. The topological polar surface area (TPSA) is 12.9 Å². The Bertz CT molecular complexity index is 368. The first kappa shape index (κ1) is 11.5. The standard InChI is InChI=1S/C13H11N.ClH/c1-2-4-12(5-3-1)6-7-13-8-10-14-11-9-13;/h1-11H;1H. The van der Waals surface area contributed by atoms with Crippen LogP contribution < -0.4 is 0 Å². The third-order valence-electron chi connectivity index (χ3n) is 1.97. The number of rotatable bonds is 2. The van der Waals surface area contributed by atoms with Gasteiger partial charge in [0.05, 0.1) is 0 Å². The van der Waals surface area contributed by atoms with E-state index in [1.54, 1.807) is 12.4 Å². The van der Waals surface area contributed by atoms with Crippen LogP contribution in [-0.2, 0) is 0 Å². The number of aromatic nitrogens is 1. The van der Waals surface area contributed by atoms with Gasteiger partial charge in [0.1, 0.15) is 0 Å². The summed E-state index contributed by atoms with van der Waals surface area (Å²) in [6.07, 6.45) is 7.77. The number of pyridine rings is 1. The molecule has 0 fully saturated rings. The summed E-state index contributed by atoms with van der Waals surface area (Å²) in [5.74, 6) is 0. The highest BCUT2D eigenvalue weighted by atomic mass is 35.5. The van der Waals surface area contributed by atoms with Crippen LogP contribution in [-0.4, -0.2) is 4.98 Å². The normalized spacial score (nSPS) is 9.87. The number of hydrogen-bond acceptors (Lipinski definition) is 1. The van der Waals surface area contributed by atoms with Crippen molar-refractivity contribution in [3.63, 3.8) is 0 Å². The summed E-state index contributed by atoms with van der Waals surface area (Å²) in [4.78, 5) is 3.97. The molecule has 0 atom stereocenters. The molecule has 0 aliphatic heterocycles. The molecule has 2 aromatic rings. The molecule has 0 radical (unpaired) electrons. The number of nitrogens with zero attached hydrogens (tertiary/aromatic N) is 1. The zero-order chi connectivity index (χ0) is 9.64. The fourth-order valence-corrected chi connectivity index (χ4v) is 1.23. The van der Waals surface area contributed by atoms with Crippen molar-refractivity contribution in [3.05, 3.63) is 66.0 Å². The van der Waals surface area contributed by atoms with E-state index in [4.69, 9.17) is 0 Å². The van der Waals surface area contributed by atoms with Crippen LogP contribution in [0.4, 0.5) is 0 Å². The van der Waals surface area contributed by atoms with Crippen molar-refractivity contribution < 1.29 is 0 Å². The summed E-state index contributed by atoms with van der Waals surface area (Å²) >= 11 is 0. The molecule has 0 saturated heterocycles. The minimum Gasteiger partial charge on any atom is -0.265 e. The van der Waals surface area contributed by atoms with Crippen molar-refractivity contribution in [2.24, 2.45) is 0 Å². The van der Waals surface area contributed by atoms with Crippen LogP contribution in [0.2, 0.25) is 0 Å². The number of halogens is 1. The van der Waals surface area contributed by atoms with Crippen LogP contribution in [0, 0.1) is 0 Å². The Balaban J connectivity index is 0.00000112. The molecule has 15 heavy (non-hydrogen) atoms. The van der Waals surface area contributed by atoms with Crippen LogP contribution in [0.15, 0.2) is 54.9 Å². The Hall–Kier alpha value is -1.60. The van der Waals surface area contributed by atoms with Gasteiger partial charge in [-0.3, -0.25) is 4.98 Å². The molecule has 0 aliphatic carbocycles. The largest absolute Gasteiger partial charge is 0.265 e. The maximum atomic E-state index is 3.97. The third kappa shape index (κ3) is 3.56. The fraction of sp³-hybridized carbons (Fsp3) is 0. The van der Waals surface area contributed by atoms with Gasteiger partial charge in [-0.05, 0) is 23.3 Å². The molecule has 0 saturated carbocycles. The molecule has 76 valence electrons. The molecule has 0 spiro atoms. The summed E-state index contributed by atoms with van der Waals surface area (Å²) < 4.78 is 0. The van der Waals surface area contributed by atoms with Gasteiger partial charge in [0.15, 0.2) is 0 Å². The summed E-state index contributed by atoms with van der Waals surface area (Å²) in [5, 5.41) is 0. The molecule has 1 nitrogen and oxygen atoms in total. The highest BCUT2D eigenvalue weighted by Crippen LogP contribution is 2.06. The van der Waals surface area contributed by atoms with Crippen molar-refractivity contribution in [2.45, 2.75) is 0 Å². The molecular formula is C13H12ClN. The van der Waals surface area contributed by atoms with Gasteiger partial charge in [0.25, 0.3) is 0 Å². The predicted molar refractivity (Wildman–Crippen MR) is 66.9 cm³/mol. The summed E-state index contributed by atoms with van der Waals surface area (Å²) in [6, 6.07) is 14.2. The highest BCUT2D eigenvalue weighted by Gasteiger charge is 1.84. The van der Waals surface area contributed by atoms with Gasteiger partial charge in [-0.15, -0.1) is 12.4 Å². The second-order valence-electron chi connectivity index (χ2n) is 3.02. The molecule has 2 heteroatoms. The quantitative estimate of drug-likeness (QED) is 0.748. The molecule has 0 aliphatic rings. The van der Waals surface area contributed by atoms with Crippen molar-refractivity contribution in [3.8, 4) is 0 Å². The second kappa shape index (κ2) is 5.99. The Morgan fingerprint density at radius 1 is 0.733 bits per heavy atom. The lowest BCUT2D eigenvalue weighted by atomic mass is 10.2. The van der Waals surface area contributed by atoms with E-state index in [9.17, 15) is 0 Å². The molecular weight excluding hydrogens is 206 g/mol. The van der Waals surface area contributed by atoms with E-state index < -0.39 is 0 Å². The van der Waals surface area contributed by atoms with Crippen molar-refractivity contribution in [1.29, 1.82) is 0 Å². The number of benzene rings is 1. The van der Waals surface area contributed by atoms with Crippen LogP contribution in [0.25, 0.3) is 12.2 Å². The second-order valence-corrected chi connectivity index (χ2v) is 3.02. The van der Waals surface area contributed by atoms with E-state index in [-0.39, 0.29) is 12.4 Å². The molecule has 2 rings (SSSR count). The predicted octanol–water partition coefficient (Wildman–Crippen LogP) is 3.67. The van der Waals surface area contributed by atoms with Crippen LogP contribution >= 0.6 is 12.4 Å². The average Bonchev–Trinajstić information content (AvgIpc) is 2.29. The molecule has 0 amide bonds. The van der Waals surface area contributed by atoms with E-state index in [0.717, 1.165) is 0 Å². The molecule has 0 N–H and O–H groups in total. The highest BCUT2D eigenvalue weighted by molar-refractivity contribution is 5.85. The molecule has 1 heterocycles. The van der Waals surface area contributed by atoms with Gasteiger partial charge in [-0.2, -0.15) is 0 Å². The van der Waals surface area contributed by atoms with Gasteiger partial charge in [0, 0.05) is 12.4 Å². The molecule has 0 unspecified atom stereocenters. The zero-order valence-corrected chi connectivity index (χ0v) is 9.02. The average molecular weight is 218 g/mol. The Labute approximate surface area is 95.9 Å². The van der Waals surface area contributed by atoms with Crippen molar-refractivity contribution >= 4 is 24.6 Å². The van der Waals surface area contributed by atoms with Gasteiger partial charge in [-0.25, -0.2) is 0 Å². The summed E-state index contributed by atoms with van der Waals surface area (Å²) in [5.41, 5.74) is 2.38. The monoisotopic (exact) mass is 217 g/mol. The van der Waals surface area contributed by atoms with Gasteiger partial charge in [0.2, 0.25) is 0 Å². The summed E-state index contributed by atoms with van der Waals surface area (Å²) in [7, 11) is 0. The maximum absolute atomic E-state index is 3.97. The van der Waals surface area contributed by atoms with E-state index in [2.05, 4.69) is 29.3 Å². The van der Waals surface area contributed by atoms with Crippen LogP contribution in [0.5, 0.6) is 0 Å². The van der Waals surface area contributed by atoms with E-state index in [1.807, 2.05) is 30.3 Å². The van der Waals surface area contributed by atoms with Gasteiger partial charge < -0.3 is 0 Å². The lowest BCUT2D eigenvalue weighted by molar-refractivity contribution is 1.32. The first-order chi connectivity index (χ1) is 6.95. The first-order valence-electron chi connectivity index (χ1n) is 4.58. The minimum absolute atomic E-state index is 0. The minimum atomic E-state index is 0. The van der Waals surface area contributed by atoms with Crippen molar-refractivity contribution in [2.75, 3.05) is 0 Å². The van der Waals surface area contributed by atoms with Crippen molar-refractivity contribution in [1.82, 2.24) is 4.98 Å². The zero-order valence-electron chi connectivity index (χ0n) is 8.21. The van der Waals surface area contributed by atoms with Crippen LogP contribution in [0.3, 0.4) is 0 Å². The Morgan fingerprint density at radius 3 is 1.87 bits per heavy atom. The van der Waals surface area contributed by atoms with Crippen LogP contribution in [0.1, 0.15) is 11.1 Å². The SMILES string of the molecule is C(=Cc1ccncc1)c1ccccc1.Cl. The summed E-state index contributed by atoms with van der Waals surface area (Å²) in [6.45, 7) is 0.